The largest absolute Gasteiger partial charge is 0.481 e. The number of halogens is 1. The second-order valence-electron chi connectivity index (χ2n) is 6.06. The molecule has 0 bridgehead atoms. The van der Waals surface area contributed by atoms with E-state index in [-0.39, 0.29) is 17.4 Å². The molecule has 0 aliphatic heterocycles. The number of benzene rings is 1. The molecule has 1 fully saturated rings. The van der Waals surface area contributed by atoms with Crippen LogP contribution in [0.2, 0.25) is 0 Å². The van der Waals surface area contributed by atoms with Crippen LogP contribution in [0.1, 0.15) is 38.5 Å². The van der Waals surface area contributed by atoms with Crippen LogP contribution in [-0.4, -0.2) is 25.5 Å². The van der Waals surface area contributed by atoms with Crippen LogP contribution in [0.4, 0.5) is 0 Å². The molecule has 2 rings (SSSR count). The maximum absolute atomic E-state index is 12.4. The van der Waals surface area contributed by atoms with E-state index in [4.69, 9.17) is 5.11 Å². The van der Waals surface area contributed by atoms with E-state index in [1.165, 1.54) is 0 Å². The maximum Gasteiger partial charge on any atom is 0.303 e. The average molecular weight is 416 g/mol. The van der Waals surface area contributed by atoms with E-state index in [1.807, 2.05) is 6.08 Å². The van der Waals surface area contributed by atoms with Gasteiger partial charge in [0.15, 0.2) is 0 Å². The first-order chi connectivity index (χ1) is 11.4. The quantitative estimate of drug-likeness (QED) is 0.500. The number of carboxylic acids is 1. The molecule has 1 aliphatic carbocycles. The maximum atomic E-state index is 12.4. The van der Waals surface area contributed by atoms with Crippen molar-refractivity contribution in [3.8, 4) is 0 Å². The molecule has 0 spiro atoms. The molecule has 5 nitrogen and oxygen atoms in total. The lowest BCUT2D eigenvalue weighted by Crippen LogP contribution is -2.32. The molecule has 1 aliphatic rings. The molecule has 1 saturated carbocycles. The molecule has 24 heavy (non-hydrogen) atoms. The van der Waals surface area contributed by atoms with Crippen molar-refractivity contribution >= 4 is 31.9 Å². The summed E-state index contributed by atoms with van der Waals surface area (Å²) in [6.07, 6.45) is 8.23. The number of carbonyl (C=O) groups is 1. The van der Waals surface area contributed by atoms with E-state index in [0.717, 1.165) is 30.2 Å². The minimum Gasteiger partial charge on any atom is -0.481 e. The zero-order chi connectivity index (χ0) is 17.6. The molecule has 1 aromatic carbocycles. The number of hydrogen-bond donors (Lipinski definition) is 2. The van der Waals surface area contributed by atoms with Crippen LogP contribution in [0.25, 0.3) is 0 Å². The highest BCUT2D eigenvalue weighted by Crippen LogP contribution is 2.28. The van der Waals surface area contributed by atoms with Crippen LogP contribution in [0.15, 0.2) is 45.8 Å². The van der Waals surface area contributed by atoms with Crippen molar-refractivity contribution in [3.05, 3.63) is 40.9 Å². The number of carboxylic acid groups (broad SMARTS) is 1. The summed E-state index contributed by atoms with van der Waals surface area (Å²) in [5.41, 5.74) is 0. The molecule has 132 valence electrons. The summed E-state index contributed by atoms with van der Waals surface area (Å²) in [5, 5.41) is 8.58. The van der Waals surface area contributed by atoms with E-state index in [2.05, 4.69) is 26.7 Å². The van der Waals surface area contributed by atoms with Gasteiger partial charge in [0.25, 0.3) is 0 Å². The summed E-state index contributed by atoms with van der Waals surface area (Å²) >= 11 is 3.30. The topological polar surface area (TPSA) is 83.5 Å². The highest BCUT2D eigenvalue weighted by molar-refractivity contribution is 9.10. The molecule has 7 heteroatoms. The van der Waals surface area contributed by atoms with Gasteiger partial charge in [-0.05, 0) is 62.3 Å². The Balaban J connectivity index is 1.81. The fraction of sp³-hybridized carbons (Fsp3) is 0.471. The number of hydrogen-bond acceptors (Lipinski definition) is 3. The van der Waals surface area contributed by atoms with Crippen molar-refractivity contribution in [2.45, 2.75) is 49.5 Å². The third-order valence-electron chi connectivity index (χ3n) is 4.09. The standard InChI is InChI=1S/C17H22BrNO4S/c18-14-7-10-16(11-8-14)24(22,23)19-15-9-6-13(12-15)4-2-1-3-5-17(20)21/h2,4,7-8,10-11,13,15,19H,1,3,5-6,9,12H2,(H,20,21). The lowest BCUT2D eigenvalue weighted by Gasteiger charge is -2.13. The van der Waals surface area contributed by atoms with Gasteiger partial charge in [-0.25, -0.2) is 13.1 Å². The summed E-state index contributed by atoms with van der Waals surface area (Å²) < 4.78 is 28.4. The van der Waals surface area contributed by atoms with E-state index in [1.54, 1.807) is 24.3 Å². The van der Waals surface area contributed by atoms with Crippen molar-refractivity contribution in [3.63, 3.8) is 0 Å². The second-order valence-corrected chi connectivity index (χ2v) is 8.69. The third kappa shape index (κ3) is 6.03. The van der Waals surface area contributed by atoms with Gasteiger partial charge < -0.3 is 5.11 Å². The van der Waals surface area contributed by atoms with Crippen LogP contribution in [0.3, 0.4) is 0 Å². The van der Waals surface area contributed by atoms with Gasteiger partial charge in [0, 0.05) is 16.9 Å². The predicted molar refractivity (Wildman–Crippen MR) is 96.2 cm³/mol. The minimum absolute atomic E-state index is 0.0488. The summed E-state index contributed by atoms with van der Waals surface area (Å²) in [6.45, 7) is 0. The van der Waals surface area contributed by atoms with Crippen LogP contribution >= 0.6 is 15.9 Å². The van der Waals surface area contributed by atoms with Crippen molar-refractivity contribution in [1.82, 2.24) is 4.72 Å². The lowest BCUT2D eigenvalue weighted by molar-refractivity contribution is -0.137. The molecular weight excluding hydrogens is 394 g/mol. The highest BCUT2D eigenvalue weighted by Gasteiger charge is 2.27. The summed E-state index contributed by atoms with van der Waals surface area (Å²) in [6, 6.07) is 6.55. The molecule has 2 atom stereocenters. The van der Waals surface area contributed by atoms with Crippen LogP contribution < -0.4 is 4.72 Å². The van der Waals surface area contributed by atoms with Gasteiger partial charge in [0.1, 0.15) is 0 Å². The number of aliphatic carboxylic acids is 1. The van der Waals surface area contributed by atoms with Gasteiger partial charge >= 0.3 is 5.97 Å². The van der Waals surface area contributed by atoms with Gasteiger partial charge in [-0.2, -0.15) is 0 Å². The molecular formula is C17H22BrNO4S. The minimum atomic E-state index is -3.48. The van der Waals surface area contributed by atoms with E-state index in [0.29, 0.717) is 12.3 Å². The zero-order valence-corrected chi connectivity index (χ0v) is 15.7. The van der Waals surface area contributed by atoms with Crippen molar-refractivity contribution in [1.29, 1.82) is 0 Å². The normalized spacial score (nSPS) is 21.4. The van der Waals surface area contributed by atoms with Gasteiger partial charge in [0.2, 0.25) is 10.0 Å². The number of sulfonamides is 1. The Kier molecular flexibility index (Phi) is 7.01. The molecule has 2 N–H and O–H groups in total. The molecule has 1 aromatic rings. The second kappa shape index (κ2) is 8.78. The SMILES string of the molecule is O=C(O)CCCC=CC1CCC(NS(=O)(=O)c2ccc(Br)cc2)C1. The third-order valence-corrected chi connectivity index (χ3v) is 6.15. The summed E-state index contributed by atoms with van der Waals surface area (Å²) in [5.74, 6) is -0.417. The van der Waals surface area contributed by atoms with Crippen molar-refractivity contribution in [2.75, 3.05) is 0 Å². The first-order valence-corrected chi connectivity index (χ1v) is 10.3. The summed E-state index contributed by atoms with van der Waals surface area (Å²) in [4.78, 5) is 10.7. The monoisotopic (exact) mass is 415 g/mol. The van der Waals surface area contributed by atoms with Crippen molar-refractivity contribution in [2.24, 2.45) is 5.92 Å². The fourth-order valence-corrected chi connectivity index (χ4v) is 4.41. The van der Waals surface area contributed by atoms with E-state index in [9.17, 15) is 13.2 Å². The number of nitrogens with one attached hydrogen (secondary N) is 1. The van der Waals surface area contributed by atoms with Crippen LogP contribution in [0, 0.1) is 5.92 Å². The average Bonchev–Trinajstić information content (AvgIpc) is 2.93. The van der Waals surface area contributed by atoms with E-state index < -0.39 is 16.0 Å². The molecule has 0 radical (unpaired) electrons. The van der Waals surface area contributed by atoms with Gasteiger partial charge in [-0.1, -0.05) is 28.1 Å². The highest BCUT2D eigenvalue weighted by atomic mass is 79.9. The number of allylic oxidation sites excluding steroid dienone is 2. The first kappa shape index (κ1) is 19.1. The predicted octanol–water partition coefficient (Wildman–Crippen LogP) is 3.71. The molecule has 0 saturated heterocycles. The Morgan fingerprint density at radius 1 is 1.29 bits per heavy atom. The van der Waals surface area contributed by atoms with Gasteiger partial charge in [-0.15, -0.1) is 0 Å². The van der Waals surface area contributed by atoms with Crippen LogP contribution in [-0.2, 0) is 14.8 Å². The molecule has 0 aromatic heterocycles. The number of rotatable bonds is 8. The Hall–Kier alpha value is -1.18. The van der Waals surface area contributed by atoms with Crippen LogP contribution in [0.5, 0.6) is 0 Å². The van der Waals surface area contributed by atoms with Crippen molar-refractivity contribution < 1.29 is 18.3 Å². The van der Waals surface area contributed by atoms with Gasteiger partial charge in [0.05, 0.1) is 4.90 Å². The Labute approximate surface area is 151 Å². The fourth-order valence-electron chi connectivity index (χ4n) is 2.86. The molecule has 0 amide bonds. The summed E-state index contributed by atoms with van der Waals surface area (Å²) in [7, 11) is -3.48. The number of unbranched alkanes of at least 4 members (excludes halogenated alkanes) is 1. The van der Waals surface area contributed by atoms with Gasteiger partial charge in [-0.3, -0.25) is 4.79 Å². The Bertz CT molecular complexity index is 685. The van der Waals surface area contributed by atoms with E-state index >= 15 is 0 Å². The zero-order valence-electron chi connectivity index (χ0n) is 13.3. The molecule has 2 unspecified atom stereocenters. The molecule has 0 heterocycles. The first-order valence-electron chi connectivity index (χ1n) is 8.03. The Morgan fingerprint density at radius 3 is 2.67 bits per heavy atom. The lowest BCUT2D eigenvalue weighted by atomic mass is 10.1. The Morgan fingerprint density at radius 2 is 2.00 bits per heavy atom. The smallest absolute Gasteiger partial charge is 0.303 e.